The maximum absolute atomic E-state index is 12.1. The minimum Gasteiger partial charge on any atom is -0.467 e. The summed E-state index contributed by atoms with van der Waals surface area (Å²) in [5.74, 6) is 1.61. The first-order valence-corrected chi connectivity index (χ1v) is 9.39. The van der Waals surface area contributed by atoms with E-state index < -0.39 is 0 Å². The molecule has 1 amide bonds. The molecular weight excluding hydrogens is 354 g/mol. The molecule has 0 aromatic carbocycles. The smallest absolute Gasteiger partial charge is 0.220 e. The summed E-state index contributed by atoms with van der Waals surface area (Å²) >= 11 is 0. The fourth-order valence-corrected chi connectivity index (χ4v) is 3.38. The second-order valence-electron chi connectivity index (χ2n) is 6.88. The topological polar surface area (TPSA) is 77.9 Å². The summed E-state index contributed by atoms with van der Waals surface area (Å²) < 4.78 is 9.13. The third-order valence-corrected chi connectivity index (χ3v) is 4.67. The van der Waals surface area contributed by atoms with Crippen molar-refractivity contribution in [2.24, 2.45) is 0 Å². The van der Waals surface area contributed by atoms with Crippen LogP contribution in [0.25, 0.3) is 16.9 Å². The van der Waals surface area contributed by atoms with Gasteiger partial charge in [-0.3, -0.25) is 4.79 Å². The third-order valence-electron chi connectivity index (χ3n) is 4.67. The van der Waals surface area contributed by atoms with Crippen LogP contribution in [0.1, 0.15) is 29.9 Å². The molecule has 0 spiro atoms. The Labute approximate surface area is 163 Å². The normalized spacial score (nSPS) is 11.2. The average Bonchev–Trinajstić information content (AvgIpc) is 3.41. The summed E-state index contributed by atoms with van der Waals surface area (Å²) in [5, 5.41) is 8.71. The molecule has 144 valence electrons. The molecule has 28 heavy (non-hydrogen) atoms. The van der Waals surface area contributed by atoms with Gasteiger partial charge in [-0.05, 0) is 56.2 Å². The van der Waals surface area contributed by atoms with Crippen LogP contribution in [0.5, 0.6) is 0 Å². The molecule has 4 aromatic heterocycles. The molecule has 0 fully saturated rings. The Morgan fingerprint density at radius 2 is 2.04 bits per heavy atom. The minimum absolute atomic E-state index is 0.00110. The predicted molar refractivity (Wildman–Crippen MR) is 106 cm³/mol. The van der Waals surface area contributed by atoms with E-state index in [9.17, 15) is 4.79 Å². The van der Waals surface area contributed by atoms with Crippen molar-refractivity contribution in [3.8, 4) is 5.82 Å². The molecule has 0 saturated carbocycles. The van der Waals surface area contributed by atoms with Crippen LogP contribution in [0.2, 0.25) is 0 Å². The Morgan fingerprint density at radius 3 is 2.79 bits per heavy atom. The summed E-state index contributed by atoms with van der Waals surface area (Å²) in [6, 6.07) is 9.68. The number of furan rings is 1. The molecule has 0 radical (unpaired) electrons. The van der Waals surface area contributed by atoms with E-state index >= 15 is 0 Å². The van der Waals surface area contributed by atoms with Crippen molar-refractivity contribution in [3.05, 3.63) is 66.0 Å². The number of nitrogens with zero attached hydrogens (tertiary/aromatic N) is 4. The van der Waals surface area contributed by atoms with Gasteiger partial charge in [0.1, 0.15) is 5.76 Å². The monoisotopic (exact) mass is 377 g/mol. The fraction of sp³-hybridized carbons (Fsp3) is 0.286. The highest BCUT2D eigenvalue weighted by Gasteiger charge is 2.16. The Kier molecular flexibility index (Phi) is 4.97. The van der Waals surface area contributed by atoms with Crippen molar-refractivity contribution >= 4 is 16.9 Å². The SMILES string of the molecule is Cc1cc(C)c2c(-n3cccc3)nn(CCCC(=O)NCc3ccco3)c2n1. The highest BCUT2D eigenvalue weighted by molar-refractivity contribution is 5.87. The molecule has 0 atom stereocenters. The molecule has 0 saturated heterocycles. The molecule has 4 rings (SSSR count). The molecule has 0 aliphatic heterocycles. The quantitative estimate of drug-likeness (QED) is 0.534. The minimum atomic E-state index is -0.00110. The number of carbonyl (C=O) groups is 1. The highest BCUT2D eigenvalue weighted by atomic mass is 16.3. The number of aromatic nitrogens is 4. The fourth-order valence-electron chi connectivity index (χ4n) is 3.38. The molecule has 4 heterocycles. The van der Waals surface area contributed by atoms with Gasteiger partial charge in [-0.15, -0.1) is 0 Å². The van der Waals surface area contributed by atoms with E-state index in [-0.39, 0.29) is 5.91 Å². The zero-order valence-corrected chi connectivity index (χ0v) is 16.1. The lowest BCUT2D eigenvalue weighted by molar-refractivity contribution is -0.121. The summed E-state index contributed by atoms with van der Waals surface area (Å²) in [4.78, 5) is 16.8. The van der Waals surface area contributed by atoms with Gasteiger partial charge in [0.15, 0.2) is 11.5 Å². The van der Waals surface area contributed by atoms with Gasteiger partial charge in [-0.1, -0.05) is 0 Å². The Hall–Kier alpha value is -3.35. The first-order chi connectivity index (χ1) is 13.6. The molecule has 0 aliphatic rings. The summed E-state index contributed by atoms with van der Waals surface area (Å²) in [5.41, 5.74) is 2.97. The van der Waals surface area contributed by atoms with Gasteiger partial charge in [0.25, 0.3) is 0 Å². The maximum atomic E-state index is 12.1. The van der Waals surface area contributed by atoms with Crippen LogP contribution in [0.3, 0.4) is 0 Å². The third kappa shape index (κ3) is 3.69. The standard InChI is InChI=1S/C21H23N5O2/c1-15-13-16(2)23-20-19(15)21(25-9-3-4-10-25)24-26(20)11-5-8-18(27)22-14-17-7-6-12-28-17/h3-4,6-7,9-10,12-13H,5,8,11,14H2,1-2H3,(H,22,27). The van der Waals surface area contributed by atoms with Crippen LogP contribution in [-0.4, -0.2) is 25.2 Å². The van der Waals surface area contributed by atoms with E-state index in [0.717, 1.165) is 33.9 Å². The highest BCUT2D eigenvalue weighted by Crippen LogP contribution is 2.25. The van der Waals surface area contributed by atoms with E-state index in [4.69, 9.17) is 14.5 Å². The zero-order chi connectivity index (χ0) is 19.5. The number of aryl methyl sites for hydroxylation is 3. The number of hydrogen-bond donors (Lipinski definition) is 1. The molecule has 0 bridgehead atoms. The van der Waals surface area contributed by atoms with E-state index in [1.54, 1.807) is 6.26 Å². The Morgan fingerprint density at radius 1 is 1.21 bits per heavy atom. The first-order valence-electron chi connectivity index (χ1n) is 9.39. The zero-order valence-electron chi connectivity index (χ0n) is 16.1. The second-order valence-corrected chi connectivity index (χ2v) is 6.88. The Bertz CT molecular complexity index is 1080. The number of fused-ring (bicyclic) bond motifs is 1. The van der Waals surface area contributed by atoms with Crippen LogP contribution < -0.4 is 5.32 Å². The number of hydrogen-bond acceptors (Lipinski definition) is 4. The number of pyridine rings is 1. The maximum Gasteiger partial charge on any atom is 0.220 e. The number of amides is 1. The van der Waals surface area contributed by atoms with Crippen LogP contribution in [0.15, 0.2) is 53.4 Å². The molecule has 7 nitrogen and oxygen atoms in total. The van der Waals surface area contributed by atoms with Crippen molar-refractivity contribution in [3.63, 3.8) is 0 Å². The van der Waals surface area contributed by atoms with Gasteiger partial charge in [-0.2, -0.15) is 5.10 Å². The predicted octanol–water partition coefficient (Wildman–Crippen LogP) is 3.53. The lowest BCUT2D eigenvalue weighted by Gasteiger charge is -2.05. The van der Waals surface area contributed by atoms with Crippen molar-refractivity contribution in [1.29, 1.82) is 0 Å². The van der Waals surface area contributed by atoms with Crippen LogP contribution in [0, 0.1) is 13.8 Å². The largest absolute Gasteiger partial charge is 0.467 e. The van der Waals surface area contributed by atoms with Crippen molar-refractivity contribution < 1.29 is 9.21 Å². The lowest BCUT2D eigenvalue weighted by atomic mass is 10.2. The molecular formula is C21H23N5O2. The van der Waals surface area contributed by atoms with Crippen molar-refractivity contribution in [1.82, 2.24) is 24.6 Å². The van der Waals surface area contributed by atoms with Gasteiger partial charge < -0.3 is 14.3 Å². The molecule has 7 heteroatoms. The average molecular weight is 377 g/mol. The van der Waals surface area contributed by atoms with Gasteiger partial charge in [0.2, 0.25) is 5.91 Å². The van der Waals surface area contributed by atoms with Gasteiger partial charge in [-0.25, -0.2) is 9.67 Å². The molecule has 0 unspecified atom stereocenters. The van der Waals surface area contributed by atoms with E-state index in [2.05, 4.69) is 18.3 Å². The summed E-state index contributed by atoms with van der Waals surface area (Å²) in [6.45, 7) is 5.11. The molecule has 4 aromatic rings. The molecule has 1 N–H and O–H groups in total. The van der Waals surface area contributed by atoms with Gasteiger partial charge >= 0.3 is 0 Å². The van der Waals surface area contributed by atoms with E-state index in [1.165, 1.54) is 0 Å². The Balaban J connectivity index is 1.48. The summed E-state index contributed by atoms with van der Waals surface area (Å²) in [6.07, 6.45) is 6.66. The van der Waals surface area contributed by atoms with Crippen LogP contribution in [0.4, 0.5) is 0 Å². The van der Waals surface area contributed by atoms with Crippen molar-refractivity contribution in [2.45, 2.75) is 39.8 Å². The van der Waals surface area contributed by atoms with Gasteiger partial charge in [0.05, 0.1) is 18.2 Å². The first kappa shape index (κ1) is 18.0. The number of nitrogens with one attached hydrogen (secondary N) is 1. The lowest BCUT2D eigenvalue weighted by Crippen LogP contribution is -2.22. The van der Waals surface area contributed by atoms with Crippen LogP contribution in [-0.2, 0) is 17.9 Å². The van der Waals surface area contributed by atoms with Crippen LogP contribution >= 0.6 is 0 Å². The van der Waals surface area contributed by atoms with E-state index in [1.807, 2.05) is 52.8 Å². The molecule has 0 aliphatic carbocycles. The summed E-state index contributed by atoms with van der Waals surface area (Å²) in [7, 11) is 0. The number of carbonyl (C=O) groups excluding carboxylic acids is 1. The second kappa shape index (κ2) is 7.72. The number of rotatable bonds is 7. The van der Waals surface area contributed by atoms with Gasteiger partial charge in [0, 0.05) is 31.1 Å². The van der Waals surface area contributed by atoms with E-state index in [0.29, 0.717) is 25.9 Å². The van der Waals surface area contributed by atoms with Crippen molar-refractivity contribution in [2.75, 3.05) is 0 Å².